The van der Waals surface area contributed by atoms with Gasteiger partial charge in [-0.25, -0.2) is 0 Å². The number of rotatable bonds is 10. The molecule has 0 amide bonds. The van der Waals surface area contributed by atoms with E-state index in [9.17, 15) is 10.2 Å². The van der Waals surface area contributed by atoms with Gasteiger partial charge in [0.15, 0.2) is 0 Å². The van der Waals surface area contributed by atoms with Crippen LogP contribution in [0.5, 0.6) is 11.5 Å². The summed E-state index contributed by atoms with van der Waals surface area (Å²) in [6.45, 7) is 18.0. The smallest absolute Gasteiger partial charge is 0.122 e. The molecule has 0 heterocycles. The molecule has 0 spiro atoms. The van der Waals surface area contributed by atoms with E-state index in [1.165, 1.54) is 76.6 Å². The van der Waals surface area contributed by atoms with E-state index >= 15 is 0 Å². The van der Waals surface area contributed by atoms with E-state index in [1.54, 1.807) is 11.1 Å². The minimum Gasteiger partial charge on any atom is -0.507 e. The van der Waals surface area contributed by atoms with Gasteiger partial charge in [-0.05, 0) is 120 Å². The first-order chi connectivity index (χ1) is 17.4. The van der Waals surface area contributed by atoms with Gasteiger partial charge in [-0.15, -0.1) is 0 Å². The lowest BCUT2D eigenvalue weighted by atomic mass is 9.58. The van der Waals surface area contributed by atoms with E-state index in [4.69, 9.17) is 0 Å². The van der Waals surface area contributed by atoms with Crippen molar-refractivity contribution in [2.24, 2.45) is 0 Å². The number of phenolic OH excluding ortho intramolecular Hbond substituents is 2. The molecular weight excluding hydrogens is 440 g/mol. The van der Waals surface area contributed by atoms with Gasteiger partial charge in [-0.3, -0.25) is 0 Å². The van der Waals surface area contributed by atoms with Crippen LogP contribution in [0.2, 0.25) is 0 Å². The number of hydrogen-bond donors (Lipinski definition) is 2. The minimum atomic E-state index is -0.0469. The Balaban J connectivity index is 2.66. The summed E-state index contributed by atoms with van der Waals surface area (Å²) in [7, 11) is 0. The Morgan fingerprint density at radius 3 is 0.889 bits per heavy atom. The lowest BCUT2D eigenvalue weighted by molar-refractivity contribution is 0.335. The van der Waals surface area contributed by atoms with Crippen LogP contribution in [-0.2, 0) is 56.8 Å². The topological polar surface area (TPSA) is 40.5 Å². The molecule has 1 aliphatic carbocycles. The van der Waals surface area contributed by atoms with Crippen LogP contribution in [0, 0.1) is 0 Å². The summed E-state index contributed by atoms with van der Waals surface area (Å²) in [6, 6.07) is 0. The van der Waals surface area contributed by atoms with Gasteiger partial charge in [0, 0.05) is 5.41 Å². The molecule has 36 heavy (non-hydrogen) atoms. The summed E-state index contributed by atoms with van der Waals surface area (Å²) < 4.78 is 0. The van der Waals surface area contributed by atoms with E-state index in [0.717, 1.165) is 51.4 Å². The molecule has 2 aromatic carbocycles. The van der Waals surface area contributed by atoms with Gasteiger partial charge in [-0.1, -0.05) is 74.7 Å². The second-order valence-corrected chi connectivity index (χ2v) is 10.7. The van der Waals surface area contributed by atoms with Crippen LogP contribution < -0.4 is 0 Å². The highest BCUT2D eigenvalue weighted by molar-refractivity contribution is 5.65. The van der Waals surface area contributed by atoms with Crippen molar-refractivity contribution >= 4 is 0 Å². The van der Waals surface area contributed by atoms with Crippen molar-refractivity contribution < 1.29 is 10.2 Å². The monoisotopic (exact) mass is 492 g/mol. The number of phenols is 2. The van der Waals surface area contributed by atoms with Crippen molar-refractivity contribution in [1.82, 2.24) is 0 Å². The van der Waals surface area contributed by atoms with E-state index < -0.39 is 0 Å². The Labute approximate surface area is 221 Å². The summed E-state index contributed by atoms with van der Waals surface area (Å²) in [5.41, 5.74) is 13.4. The molecule has 200 valence electrons. The van der Waals surface area contributed by atoms with Crippen LogP contribution in [0.15, 0.2) is 0 Å². The maximum Gasteiger partial charge on any atom is 0.122 e. The van der Waals surface area contributed by atoms with Crippen molar-refractivity contribution in [2.45, 2.75) is 144 Å². The van der Waals surface area contributed by atoms with Gasteiger partial charge in [0.25, 0.3) is 0 Å². The lowest BCUT2D eigenvalue weighted by Crippen LogP contribution is -2.37. The minimum absolute atomic E-state index is 0.0469. The predicted molar refractivity (Wildman–Crippen MR) is 155 cm³/mol. The molecule has 2 nitrogen and oxygen atoms in total. The summed E-state index contributed by atoms with van der Waals surface area (Å²) in [6.07, 6.45) is 13.4. The molecule has 0 bridgehead atoms. The van der Waals surface area contributed by atoms with Crippen molar-refractivity contribution in [3.05, 3.63) is 55.6 Å². The molecule has 0 aromatic heterocycles. The molecule has 2 N–H and O–H groups in total. The van der Waals surface area contributed by atoms with Gasteiger partial charge in [0.2, 0.25) is 0 Å². The fourth-order valence-corrected chi connectivity index (χ4v) is 7.92. The molecule has 2 aromatic rings. The molecule has 3 rings (SSSR count). The normalized spacial score (nSPS) is 15.4. The zero-order chi connectivity index (χ0) is 26.6. The summed E-state index contributed by atoms with van der Waals surface area (Å²) in [5.74, 6) is 1.12. The summed E-state index contributed by atoms with van der Waals surface area (Å²) in [4.78, 5) is 0. The van der Waals surface area contributed by atoms with E-state index in [-0.39, 0.29) is 5.41 Å². The zero-order valence-electron chi connectivity index (χ0n) is 24.6. The summed E-state index contributed by atoms with van der Waals surface area (Å²) in [5, 5.41) is 22.9. The van der Waals surface area contributed by atoms with Crippen LogP contribution in [-0.4, -0.2) is 10.2 Å². The largest absolute Gasteiger partial charge is 0.507 e. The van der Waals surface area contributed by atoms with E-state index in [2.05, 4.69) is 55.4 Å². The molecule has 2 heteroatoms. The molecule has 1 fully saturated rings. The van der Waals surface area contributed by atoms with Crippen LogP contribution in [0.4, 0.5) is 0 Å². The highest BCUT2D eigenvalue weighted by Crippen LogP contribution is 2.54. The first-order valence-corrected chi connectivity index (χ1v) is 15.1. The molecule has 0 saturated heterocycles. The third kappa shape index (κ3) is 4.37. The average Bonchev–Trinajstić information content (AvgIpc) is 2.91. The van der Waals surface area contributed by atoms with Crippen LogP contribution in [0.3, 0.4) is 0 Å². The number of hydrogen-bond acceptors (Lipinski definition) is 2. The first kappa shape index (κ1) is 28.6. The first-order valence-electron chi connectivity index (χ1n) is 15.1. The quantitative estimate of drug-likeness (QED) is 0.348. The van der Waals surface area contributed by atoms with E-state index in [0.29, 0.717) is 11.5 Å². The highest BCUT2D eigenvalue weighted by atomic mass is 16.3. The van der Waals surface area contributed by atoms with Gasteiger partial charge in [0.1, 0.15) is 11.5 Å². The van der Waals surface area contributed by atoms with E-state index in [1.807, 2.05) is 0 Å². The fraction of sp³-hybridized carbons (Fsp3) is 0.647. The fourth-order valence-electron chi connectivity index (χ4n) is 7.92. The summed E-state index contributed by atoms with van der Waals surface area (Å²) >= 11 is 0. The lowest BCUT2D eigenvalue weighted by Gasteiger charge is -2.45. The molecular formula is C34H52O2. The molecule has 0 aliphatic heterocycles. The van der Waals surface area contributed by atoms with Gasteiger partial charge in [0.05, 0.1) is 0 Å². The van der Waals surface area contributed by atoms with Crippen molar-refractivity contribution in [2.75, 3.05) is 0 Å². The standard InChI is InChI=1S/C34H52O2/c1-9-22-26(13-5)32(35)27(14-6)23(10-2)30(22)34(20-18-17-19-21-34)31-24(11-3)28(15-7)33(36)29(16-8)25(31)12-4/h35-36H,9-21H2,1-8H3. The van der Waals surface area contributed by atoms with Gasteiger partial charge >= 0.3 is 0 Å². The second kappa shape index (κ2) is 12.1. The molecule has 1 saturated carbocycles. The number of benzene rings is 2. The van der Waals surface area contributed by atoms with Crippen molar-refractivity contribution in [3.63, 3.8) is 0 Å². The molecule has 1 aliphatic rings. The van der Waals surface area contributed by atoms with Crippen molar-refractivity contribution in [3.8, 4) is 11.5 Å². The highest BCUT2D eigenvalue weighted by Gasteiger charge is 2.44. The third-order valence-corrected chi connectivity index (χ3v) is 9.30. The molecule has 0 radical (unpaired) electrons. The Morgan fingerprint density at radius 1 is 0.417 bits per heavy atom. The maximum atomic E-state index is 11.5. The van der Waals surface area contributed by atoms with Crippen molar-refractivity contribution in [1.29, 1.82) is 0 Å². The predicted octanol–water partition coefficient (Wildman–Crippen LogP) is 8.85. The SMILES string of the molecule is CCc1c(O)c(CC)c(CC)c(C2(c3c(CC)c(CC)c(O)c(CC)c3CC)CCCCC2)c1CC. The zero-order valence-corrected chi connectivity index (χ0v) is 24.6. The Morgan fingerprint density at radius 2 is 0.667 bits per heavy atom. The van der Waals surface area contributed by atoms with Gasteiger partial charge < -0.3 is 10.2 Å². The van der Waals surface area contributed by atoms with Gasteiger partial charge in [-0.2, -0.15) is 0 Å². The Hall–Kier alpha value is -1.96. The average molecular weight is 493 g/mol. The maximum absolute atomic E-state index is 11.5. The van der Waals surface area contributed by atoms with Crippen LogP contribution >= 0.6 is 0 Å². The Kier molecular flexibility index (Phi) is 9.58. The number of aromatic hydroxyl groups is 2. The van der Waals surface area contributed by atoms with Crippen LogP contribution in [0.25, 0.3) is 0 Å². The third-order valence-electron chi connectivity index (χ3n) is 9.30. The Bertz CT molecular complexity index is 924. The van der Waals surface area contributed by atoms with Crippen LogP contribution in [0.1, 0.15) is 143 Å². The molecule has 0 atom stereocenters. The molecule has 0 unspecified atom stereocenters. The second-order valence-electron chi connectivity index (χ2n) is 10.7.